The van der Waals surface area contributed by atoms with E-state index >= 15 is 0 Å². The molecule has 1 aromatic heterocycles. The zero-order chi connectivity index (χ0) is 14.8. The highest BCUT2D eigenvalue weighted by Gasteiger charge is 2.27. The molecule has 114 valence electrons. The van der Waals surface area contributed by atoms with Crippen LogP contribution < -0.4 is 0 Å². The first-order valence-corrected chi connectivity index (χ1v) is 11.4. The van der Waals surface area contributed by atoms with Crippen LogP contribution in [-0.4, -0.2) is 42.7 Å². The average molecular weight is 296 g/mol. The molecule has 0 amide bonds. The minimum Gasteiger partial charge on any atom is -0.361 e. The number of hydrogen-bond donors (Lipinski definition) is 0. The molecule has 0 unspecified atom stereocenters. The fourth-order valence-electron chi connectivity index (χ4n) is 2.68. The monoisotopic (exact) mass is 295 g/mol. The molecule has 1 atom stereocenters. The molecule has 1 saturated heterocycles. The van der Waals surface area contributed by atoms with E-state index in [2.05, 4.69) is 48.1 Å². The molecule has 1 fully saturated rings. The Balaban J connectivity index is 1.95. The van der Waals surface area contributed by atoms with Crippen molar-refractivity contribution in [1.29, 1.82) is 0 Å². The van der Waals surface area contributed by atoms with Crippen LogP contribution in [0.4, 0.5) is 0 Å². The minimum atomic E-state index is -1.00. The van der Waals surface area contributed by atoms with E-state index in [9.17, 15) is 0 Å². The van der Waals surface area contributed by atoms with Gasteiger partial charge in [-0.2, -0.15) is 0 Å². The zero-order valence-electron chi connectivity index (χ0n) is 13.6. The van der Waals surface area contributed by atoms with Gasteiger partial charge in [0.25, 0.3) is 0 Å². The van der Waals surface area contributed by atoms with Gasteiger partial charge in [0.15, 0.2) is 0 Å². The van der Waals surface area contributed by atoms with Crippen LogP contribution in [0.5, 0.6) is 0 Å². The number of rotatable bonds is 6. The second-order valence-electron chi connectivity index (χ2n) is 7.17. The highest BCUT2D eigenvalue weighted by Crippen LogP contribution is 2.29. The zero-order valence-corrected chi connectivity index (χ0v) is 14.6. The molecule has 0 spiro atoms. The van der Waals surface area contributed by atoms with Crippen LogP contribution in [0, 0.1) is 6.92 Å². The van der Waals surface area contributed by atoms with Crippen LogP contribution in [0.2, 0.25) is 25.7 Å². The van der Waals surface area contributed by atoms with Crippen molar-refractivity contribution in [2.75, 3.05) is 20.2 Å². The first-order valence-electron chi connectivity index (χ1n) is 7.68. The van der Waals surface area contributed by atoms with Gasteiger partial charge in [0.1, 0.15) is 12.6 Å². The molecule has 0 aromatic carbocycles. The van der Waals surface area contributed by atoms with Crippen molar-refractivity contribution in [3.05, 3.63) is 17.7 Å². The van der Waals surface area contributed by atoms with Crippen molar-refractivity contribution in [2.24, 2.45) is 0 Å². The number of aromatic nitrogens is 2. The van der Waals surface area contributed by atoms with Gasteiger partial charge in [-0.05, 0) is 39.4 Å². The Morgan fingerprint density at radius 3 is 2.75 bits per heavy atom. The number of likely N-dealkylation sites (tertiary alicyclic amines) is 1. The van der Waals surface area contributed by atoms with Crippen LogP contribution in [-0.2, 0) is 11.5 Å². The molecular formula is C15H29N3OSi. The molecule has 0 N–H and O–H groups in total. The standard InChI is InChI=1S/C15H29N3OSi/c1-13-11-16-15(14-7-6-8-17(14)2)18(13)12-19-9-10-20(3,4)5/h11,14H,6-10,12H2,1-5H3/t14-/m0/s1. The van der Waals surface area contributed by atoms with Gasteiger partial charge in [0.05, 0.1) is 6.04 Å². The second-order valence-corrected chi connectivity index (χ2v) is 12.8. The lowest BCUT2D eigenvalue weighted by atomic mass is 10.2. The van der Waals surface area contributed by atoms with E-state index in [-0.39, 0.29) is 0 Å². The molecular weight excluding hydrogens is 266 g/mol. The van der Waals surface area contributed by atoms with E-state index in [0.717, 1.165) is 6.61 Å². The van der Waals surface area contributed by atoms with Gasteiger partial charge in [0, 0.05) is 26.6 Å². The first kappa shape index (κ1) is 15.7. The molecule has 0 bridgehead atoms. The van der Waals surface area contributed by atoms with Crippen molar-refractivity contribution in [1.82, 2.24) is 14.5 Å². The Labute approximate surface area is 124 Å². The molecule has 0 saturated carbocycles. The number of imidazole rings is 1. The molecule has 1 aromatic rings. The van der Waals surface area contributed by atoms with E-state index in [1.807, 2.05) is 6.20 Å². The summed E-state index contributed by atoms with van der Waals surface area (Å²) in [4.78, 5) is 7.03. The van der Waals surface area contributed by atoms with Crippen molar-refractivity contribution >= 4 is 8.07 Å². The Bertz CT molecular complexity index is 439. The summed E-state index contributed by atoms with van der Waals surface area (Å²) in [6.07, 6.45) is 4.45. The van der Waals surface area contributed by atoms with Crippen molar-refractivity contribution in [2.45, 2.75) is 58.2 Å². The molecule has 1 aliphatic heterocycles. The smallest absolute Gasteiger partial charge is 0.128 e. The van der Waals surface area contributed by atoms with Gasteiger partial charge in [-0.25, -0.2) is 4.98 Å². The lowest BCUT2D eigenvalue weighted by Crippen LogP contribution is -2.24. The summed E-state index contributed by atoms with van der Waals surface area (Å²) in [5, 5.41) is 0. The number of hydrogen-bond acceptors (Lipinski definition) is 3. The predicted octanol–water partition coefficient (Wildman–Crippen LogP) is 3.27. The summed E-state index contributed by atoms with van der Waals surface area (Å²) in [6, 6.07) is 1.68. The highest BCUT2D eigenvalue weighted by molar-refractivity contribution is 6.76. The normalized spacial score (nSPS) is 20.8. The van der Waals surface area contributed by atoms with Crippen LogP contribution >= 0.6 is 0 Å². The summed E-state index contributed by atoms with van der Waals surface area (Å²) in [5.41, 5.74) is 1.20. The second kappa shape index (κ2) is 6.41. The van der Waals surface area contributed by atoms with E-state index < -0.39 is 8.07 Å². The van der Waals surface area contributed by atoms with Gasteiger partial charge < -0.3 is 9.30 Å². The third-order valence-electron chi connectivity index (χ3n) is 4.12. The SMILES string of the molecule is Cc1cnc([C@@H]2CCCN2C)n1COCC[Si](C)(C)C. The van der Waals surface area contributed by atoms with Crippen molar-refractivity contribution < 1.29 is 4.74 Å². The van der Waals surface area contributed by atoms with Gasteiger partial charge >= 0.3 is 0 Å². The van der Waals surface area contributed by atoms with Gasteiger partial charge in [-0.3, -0.25) is 4.90 Å². The molecule has 1 aliphatic rings. The Kier molecular flexibility index (Phi) is 5.04. The fraction of sp³-hybridized carbons (Fsp3) is 0.800. The quantitative estimate of drug-likeness (QED) is 0.596. The van der Waals surface area contributed by atoms with Crippen LogP contribution in [0.3, 0.4) is 0 Å². The largest absolute Gasteiger partial charge is 0.361 e. The Hall–Kier alpha value is -0.653. The van der Waals surface area contributed by atoms with Crippen molar-refractivity contribution in [3.8, 4) is 0 Å². The summed E-state index contributed by atoms with van der Waals surface area (Å²) in [6.45, 7) is 12.0. The fourth-order valence-corrected chi connectivity index (χ4v) is 3.44. The molecule has 5 heteroatoms. The van der Waals surface area contributed by atoms with Crippen LogP contribution in [0.25, 0.3) is 0 Å². The highest BCUT2D eigenvalue weighted by atomic mass is 28.3. The van der Waals surface area contributed by atoms with Crippen LogP contribution in [0.1, 0.15) is 30.4 Å². The summed E-state index contributed by atoms with van der Waals surface area (Å²) in [5.74, 6) is 1.18. The number of aryl methyl sites for hydroxylation is 1. The lowest BCUT2D eigenvalue weighted by molar-refractivity contribution is 0.0807. The number of nitrogens with zero attached hydrogens (tertiary/aromatic N) is 3. The number of ether oxygens (including phenoxy) is 1. The van der Waals surface area contributed by atoms with E-state index in [0.29, 0.717) is 12.8 Å². The summed E-state index contributed by atoms with van der Waals surface area (Å²) in [7, 11) is 1.19. The predicted molar refractivity (Wildman–Crippen MR) is 85.7 cm³/mol. The molecule has 2 heterocycles. The maximum Gasteiger partial charge on any atom is 0.128 e. The Morgan fingerprint density at radius 2 is 2.15 bits per heavy atom. The third-order valence-corrected chi connectivity index (χ3v) is 5.83. The van der Waals surface area contributed by atoms with Gasteiger partial charge in [-0.15, -0.1) is 0 Å². The van der Waals surface area contributed by atoms with Gasteiger partial charge in [0.2, 0.25) is 0 Å². The molecule has 4 nitrogen and oxygen atoms in total. The molecule has 2 rings (SSSR count). The lowest BCUT2D eigenvalue weighted by Gasteiger charge is -2.21. The van der Waals surface area contributed by atoms with E-state index in [4.69, 9.17) is 4.74 Å². The topological polar surface area (TPSA) is 30.3 Å². The van der Waals surface area contributed by atoms with Gasteiger partial charge in [-0.1, -0.05) is 19.6 Å². The average Bonchev–Trinajstić information content (AvgIpc) is 2.90. The maximum absolute atomic E-state index is 5.91. The van der Waals surface area contributed by atoms with Crippen LogP contribution in [0.15, 0.2) is 6.20 Å². The Morgan fingerprint density at radius 1 is 1.40 bits per heavy atom. The summed E-state index contributed by atoms with van der Waals surface area (Å²) < 4.78 is 8.16. The summed E-state index contributed by atoms with van der Waals surface area (Å²) >= 11 is 0. The minimum absolute atomic E-state index is 0.462. The molecule has 0 radical (unpaired) electrons. The molecule has 20 heavy (non-hydrogen) atoms. The first-order chi connectivity index (χ1) is 9.38. The third kappa shape index (κ3) is 3.93. The van der Waals surface area contributed by atoms with E-state index in [1.54, 1.807) is 0 Å². The molecule has 0 aliphatic carbocycles. The van der Waals surface area contributed by atoms with Crippen molar-refractivity contribution in [3.63, 3.8) is 0 Å². The maximum atomic E-state index is 5.91. The van der Waals surface area contributed by atoms with E-state index in [1.165, 1.54) is 36.9 Å².